The zero-order chi connectivity index (χ0) is 9.64. The second kappa shape index (κ2) is 5.44. The highest BCUT2D eigenvalue weighted by Crippen LogP contribution is 2.05. The van der Waals surface area contributed by atoms with Crippen LogP contribution in [0.4, 0.5) is 0 Å². The number of nitrogens with one attached hydrogen (secondary N) is 2. The van der Waals surface area contributed by atoms with Gasteiger partial charge in [-0.3, -0.25) is 0 Å². The molecular weight excluding hydrogens is 194 g/mol. The lowest BCUT2D eigenvalue weighted by Crippen LogP contribution is -2.26. The minimum atomic E-state index is 0.838. The highest BCUT2D eigenvalue weighted by Gasteiger charge is 2.12. The number of hydrogen-bond acceptors (Lipinski definition) is 4. The van der Waals surface area contributed by atoms with Gasteiger partial charge < -0.3 is 10.6 Å². The molecule has 2 N–H and O–H groups in total. The maximum atomic E-state index is 4.25. The van der Waals surface area contributed by atoms with Crippen molar-refractivity contribution in [2.45, 2.75) is 12.8 Å². The summed E-state index contributed by atoms with van der Waals surface area (Å²) in [5.74, 6) is 0.838. The van der Waals surface area contributed by atoms with E-state index in [9.17, 15) is 0 Å². The molecule has 1 atom stereocenters. The fourth-order valence-corrected chi connectivity index (χ4v) is 2.37. The molecule has 1 aromatic rings. The zero-order valence-electron chi connectivity index (χ0n) is 8.33. The third-order valence-electron chi connectivity index (χ3n) is 2.64. The van der Waals surface area contributed by atoms with Crippen molar-refractivity contribution in [3.05, 3.63) is 16.6 Å². The number of rotatable bonds is 5. The summed E-state index contributed by atoms with van der Waals surface area (Å²) in [7, 11) is 0. The molecule has 0 amide bonds. The summed E-state index contributed by atoms with van der Waals surface area (Å²) in [6.07, 6.45) is 2.38. The van der Waals surface area contributed by atoms with Crippen LogP contribution >= 0.6 is 11.3 Å². The smallest absolute Gasteiger partial charge is 0.0794 e. The summed E-state index contributed by atoms with van der Waals surface area (Å²) in [5, 5.41) is 8.99. The third-order valence-corrected chi connectivity index (χ3v) is 3.27. The minimum absolute atomic E-state index is 0.838. The van der Waals surface area contributed by atoms with Crippen LogP contribution in [0.5, 0.6) is 0 Å². The average Bonchev–Trinajstić information content (AvgIpc) is 2.86. The summed E-state index contributed by atoms with van der Waals surface area (Å²) in [6, 6.07) is 0. The second-order valence-corrected chi connectivity index (χ2v) is 4.51. The van der Waals surface area contributed by atoms with Crippen LogP contribution in [0.1, 0.15) is 12.1 Å². The fourth-order valence-electron chi connectivity index (χ4n) is 1.77. The molecule has 0 spiro atoms. The van der Waals surface area contributed by atoms with E-state index < -0.39 is 0 Å². The van der Waals surface area contributed by atoms with E-state index in [2.05, 4.69) is 21.0 Å². The lowest BCUT2D eigenvalue weighted by atomic mass is 10.1. The summed E-state index contributed by atoms with van der Waals surface area (Å²) < 4.78 is 0. The SMILES string of the molecule is c1nc(CCNCC2CCNC2)cs1. The highest BCUT2D eigenvalue weighted by molar-refractivity contribution is 7.07. The minimum Gasteiger partial charge on any atom is -0.316 e. The van der Waals surface area contributed by atoms with Gasteiger partial charge in [0.05, 0.1) is 11.2 Å². The molecule has 2 heterocycles. The first kappa shape index (κ1) is 10.1. The van der Waals surface area contributed by atoms with Crippen molar-refractivity contribution in [1.29, 1.82) is 0 Å². The first-order valence-corrected chi connectivity index (χ1v) is 6.18. The van der Waals surface area contributed by atoms with Gasteiger partial charge in [-0.05, 0) is 32.0 Å². The Labute approximate surface area is 88.9 Å². The maximum Gasteiger partial charge on any atom is 0.0794 e. The van der Waals surface area contributed by atoms with Crippen LogP contribution in [0, 0.1) is 5.92 Å². The summed E-state index contributed by atoms with van der Waals surface area (Å²) >= 11 is 1.67. The standard InChI is InChI=1S/C10H17N3S/c1-3-11-5-9(1)6-12-4-2-10-7-14-8-13-10/h7-9,11-12H,1-6H2. The Morgan fingerprint density at radius 3 is 3.36 bits per heavy atom. The predicted octanol–water partition coefficient (Wildman–Crippen LogP) is 0.885. The van der Waals surface area contributed by atoms with Crippen LogP contribution in [0.25, 0.3) is 0 Å². The molecule has 1 fully saturated rings. The molecule has 0 aromatic carbocycles. The largest absolute Gasteiger partial charge is 0.316 e. The number of aromatic nitrogens is 1. The van der Waals surface area contributed by atoms with E-state index in [1.165, 1.54) is 25.2 Å². The van der Waals surface area contributed by atoms with Gasteiger partial charge in [0.15, 0.2) is 0 Å². The first-order chi connectivity index (χ1) is 6.95. The summed E-state index contributed by atoms with van der Waals surface area (Å²) in [5.41, 5.74) is 3.11. The van der Waals surface area contributed by atoms with Crippen LogP contribution in [0.2, 0.25) is 0 Å². The molecule has 0 bridgehead atoms. The molecule has 0 radical (unpaired) electrons. The van der Waals surface area contributed by atoms with E-state index in [1.807, 2.05) is 5.51 Å². The first-order valence-electron chi connectivity index (χ1n) is 5.23. The lowest BCUT2D eigenvalue weighted by molar-refractivity contribution is 0.514. The van der Waals surface area contributed by atoms with E-state index >= 15 is 0 Å². The maximum absolute atomic E-state index is 4.25. The van der Waals surface area contributed by atoms with Gasteiger partial charge in [0, 0.05) is 18.3 Å². The van der Waals surface area contributed by atoms with Gasteiger partial charge in [-0.1, -0.05) is 0 Å². The molecule has 1 aromatic heterocycles. The van der Waals surface area contributed by atoms with Gasteiger partial charge in [-0.15, -0.1) is 11.3 Å². The normalized spacial score (nSPS) is 21.6. The molecule has 1 saturated heterocycles. The Kier molecular flexibility index (Phi) is 3.91. The van der Waals surface area contributed by atoms with Crippen molar-refractivity contribution in [3.63, 3.8) is 0 Å². The topological polar surface area (TPSA) is 37.0 Å². The van der Waals surface area contributed by atoms with Crippen LogP contribution in [-0.4, -0.2) is 31.2 Å². The summed E-state index contributed by atoms with van der Waals surface area (Å²) in [4.78, 5) is 4.25. The number of thiazole rings is 1. The van der Waals surface area contributed by atoms with Crippen molar-refractivity contribution in [2.24, 2.45) is 5.92 Å². The predicted molar refractivity (Wildman–Crippen MR) is 59.7 cm³/mol. The highest BCUT2D eigenvalue weighted by atomic mass is 32.1. The molecule has 14 heavy (non-hydrogen) atoms. The van der Waals surface area contributed by atoms with Gasteiger partial charge in [0.25, 0.3) is 0 Å². The number of nitrogens with zero attached hydrogens (tertiary/aromatic N) is 1. The average molecular weight is 211 g/mol. The Morgan fingerprint density at radius 1 is 1.64 bits per heavy atom. The molecule has 1 aliphatic heterocycles. The van der Waals surface area contributed by atoms with Crippen LogP contribution < -0.4 is 10.6 Å². The van der Waals surface area contributed by atoms with E-state index in [0.717, 1.165) is 25.4 Å². The van der Waals surface area contributed by atoms with E-state index in [4.69, 9.17) is 0 Å². The van der Waals surface area contributed by atoms with Crippen LogP contribution in [-0.2, 0) is 6.42 Å². The molecule has 0 saturated carbocycles. The molecule has 4 heteroatoms. The van der Waals surface area contributed by atoms with E-state index in [0.29, 0.717) is 0 Å². The molecule has 3 nitrogen and oxygen atoms in total. The van der Waals surface area contributed by atoms with Crippen LogP contribution in [0.15, 0.2) is 10.9 Å². The molecule has 78 valence electrons. The Balaban J connectivity index is 1.55. The van der Waals surface area contributed by atoms with Gasteiger partial charge in [-0.2, -0.15) is 0 Å². The molecule has 2 rings (SSSR count). The molecule has 1 unspecified atom stereocenters. The van der Waals surface area contributed by atoms with Crippen molar-refractivity contribution < 1.29 is 0 Å². The van der Waals surface area contributed by atoms with Crippen molar-refractivity contribution in [2.75, 3.05) is 26.2 Å². The van der Waals surface area contributed by atoms with Crippen molar-refractivity contribution >= 4 is 11.3 Å². The van der Waals surface area contributed by atoms with E-state index in [-0.39, 0.29) is 0 Å². The fraction of sp³-hybridized carbons (Fsp3) is 0.700. The van der Waals surface area contributed by atoms with Crippen molar-refractivity contribution in [3.8, 4) is 0 Å². The molecule has 1 aliphatic rings. The number of hydrogen-bond donors (Lipinski definition) is 2. The monoisotopic (exact) mass is 211 g/mol. The lowest BCUT2D eigenvalue weighted by Gasteiger charge is -2.08. The Morgan fingerprint density at radius 2 is 2.64 bits per heavy atom. The third kappa shape index (κ3) is 3.04. The van der Waals surface area contributed by atoms with Gasteiger partial charge in [0.2, 0.25) is 0 Å². The van der Waals surface area contributed by atoms with Gasteiger partial charge in [0.1, 0.15) is 0 Å². The van der Waals surface area contributed by atoms with Crippen LogP contribution in [0.3, 0.4) is 0 Å². The second-order valence-electron chi connectivity index (χ2n) is 3.79. The zero-order valence-corrected chi connectivity index (χ0v) is 9.15. The van der Waals surface area contributed by atoms with Crippen molar-refractivity contribution in [1.82, 2.24) is 15.6 Å². The molecular formula is C10H17N3S. The Hall–Kier alpha value is -0.450. The Bertz CT molecular complexity index is 242. The molecule has 0 aliphatic carbocycles. The van der Waals surface area contributed by atoms with Gasteiger partial charge in [-0.25, -0.2) is 4.98 Å². The van der Waals surface area contributed by atoms with Gasteiger partial charge >= 0.3 is 0 Å². The van der Waals surface area contributed by atoms with E-state index in [1.54, 1.807) is 11.3 Å². The summed E-state index contributed by atoms with van der Waals surface area (Å²) in [6.45, 7) is 4.58. The quantitative estimate of drug-likeness (QED) is 0.710.